The Kier molecular flexibility index (Phi) is 8.35. The van der Waals surface area contributed by atoms with Crippen molar-refractivity contribution in [3.63, 3.8) is 0 Å². The minimum atomic E-state index is -1.52. The fourth-order valence-electron chi connectivity index (χ4n) is 9.90. The molecule has 6 unspecified atom stereocenters. The van der Waals surface area contributed by atoms with E-state index in [2.05, 4.69) is 53.6 Å². The molecule has 6 atom stereocenters. The Balaban J connectivity index is 1.39. The summed E-state index contributed by atoms with van der Waals surface area (Å²) in [7, 11) is 0. The third kappa shape index (κ3) is 5.01. The second-order valence-electron chi connectivity index (χ2n) is 16.9. The van der Waals surface area contributed by atoms with Gasteiger partial charge in [-0.3, -0.25) is 9.59 Å². The number of fused-ring (bicyclic) bond motifs is 4. The number of carbonyl (C=O) groups excluding carboxylic acids is 2. The van der Waals surface area contributed by atoms with Gasteiger partial charge in [0.05, 0.1) is 35.1 Å². The van der Waals surface area contributed by atoms with E-state index >= 15 is 4.79 Å². The lowest BCUT2D eigenvalue weighted by Crippen LogP contribution is -2.75. The van der Waals surface area contributed by atoms with Crippen LogP contribution in [0.1, 0.15) is 104 Å². The maximum Gasteiger partial charge on any atom is 0.246 e. The van der Waals surface area contributed by atoms with Crippen LogP contribution in [-0.4, -0.2) is 72.2 Å². The maximum absolute atomic E-state index is 15.3. The first-order valence-electron chi connectivity index (χ1n) is 19.1. The van der Waals surface area contributed by atoms with E-state index in [4.69, 9.17) is 14.2 Å². The van der Waals surface area contributed by atoms with Crippen molar-refractivity contribution >= 4 is 29.4 Å². The number of hydrogen-bond donors (Lipinski definition) is 4. The summed E-state index contributed by atoms with van der Waals surface area (Å²) in [5.74, 6) is 0.233. The molecule has 54 heavy (non-hydrogen) atoms. The molecule has 4 fully saturated rings. The maximum atomic E-state index is 15.3. The number of ether oxygens (including phenoxy) is 3. The highest BCUT2D eigenvalue weighted by Crippen LogP contribution is 2.74. The second kappa shape index (κ2) is 12.4. The van der Waals surface area contributed by atoms with Crippen LogP contribution >= 0.6 is 0 Å². The van der Waals surface area contributed by atoms with Gasteiger partial charge in [-0.05, 0) is 93.2 Å². The number of phenolic OH excluding ortho intramolecular Hbond substituents is 1. The average molecular weight is 738 g/mol. The summed E-state index contributed by atoms with van der Waals surface area (Å²) in [6.07, 6.45) is 14.1. The van der Waals surface area contributed by atoms with Gasteiger partial charge in [0.15, 0.2) is 17.0 Å². The summed E-state index contributed by atoms with van der Waals surface area (Å²) in [6, 6.07) is -0.527. The molecule has 0 radical (unpaired) electrons. The van der Waals surface area contributed by atoms with E-state index in [1.54, 1.807) is 17.7 Å². The highest BCUT2D eigenvalue weighted by molar-refractivity contribution is 6.02. The predicted octanol–water partition coefficient (Wildman–Crippen LogP) is 6.12. The Morgan fingerprint density at radius 2 is 1.85 bits per heavy atom. The van der Waals surface area contributed by atoms with Crippen LogP contribution < -0.4 is 20.1 Å². The standard InChI is InChI=1S/C42H51N5O7/c1-22(2)10-9-15-40(8)16-14-25-33(49)29-31-30-32(47-38(46-31)44-21-45-47)27-20-28-39(6,7)54-41(36(27)50,17-13-24(5)37(51)43-18-19-48)42(28,30)53-35(29)26(34(25)52-40)12-11-23(3)4/h10-11,13-14,16,21,27-28,32,48-49H,9,12,15,17-20H2,1-8H3,(H,43,51)(H,44,45,46)/b24-13-. The number of ketones is 1. The molecule has 12 nitrogen and oxygen atoms in total. The first-order chi connectivity index (χ1) is 25.6. The van der Waals surface area contributed by atoms with Crippen molar-refractivity contribution in [3.8, 4) is 17.2 Å². The Morgan fingerprint density at radius 1 is 1.09 bits per heavy atom. The summed E-state index contributed by atoms with van der Waals surface area (Å²) >= 11 is 0. The monoisotopic (exact) mass is 737 g/mol. The molecule has 1 spiro atoms. The highest BCUT2D eigenvalue weighted by atomic mass is 16.6. The topological polar surface area (TPSA) is 157 Å². The van der Waals surface area contributed by atoms with Gasteiger partial charge in [-0.1, -0.05) is 29.4 Å². The van der Waals surface area contributed by atoms with Gasteiger partial charge in [0.1, 0.15) is 29.2 Å². The van der Waals surface area contributed by atoms with Crippen LogP contribution in [0.2, 0.25) is 0 Å². The van der Waals surface area contributed by atoms with Crippen LogP contribution in [0.15, 0.2) is 52.9 Å². The summed E-state index contributed by atoms with van der Waals surface area (Å²) < 4.78 is 23.4. The van der Waals surface area contributed by atoms with E-state index in [-0.39, 0.29) is 42.9 Å². The number of carbonyl (C=O) groups is 2. The van der Waals surface area contributed by atoms with Gasteiger partial charge >= 0.3 is 0 Å². The van der Waals surface area contributed by atoms with Gasteiger partial charge in [-0.15, -0.1) is 0 Å². The third-order valence-corrected chi connectivity index (χ3v) is 12.3. The van der Waals surface area contributed by atoms with Crippen LogP contribution in [0.5, 0.6) is 17.2 Å². The lowest BCUT2D eigenvalue weighted by Gasteiger charge is -2.62. The van der Waals surface area contributed by atoms with E-state index in [1.807, 2.05) is 39.8 Å². The average Bonchev–Trinajstić information content (AvgIpc) is 3.64. The number of benzene rings is 1. The molecule has 2 aromatic rings. The van der Waals surface area contributed by atoms with Crippen LogP contribution in [0.4, 0.5) is 5.95 Å². The number of phenols is 1. The van der Waals surface area contributed by atoms with E-state index < -0.39 is 34.4 Å². The number of allylic oxidation sites excluding steroid dienone is 4. The number of aromatic hydroxyl groups is 1. The zero-order valence-corrected chi connectivity index (χ0v) is 32.4. The van der Waals surface area contributed by atoms with Crippen molar-refractivity contribution in [2.45, 2.75) is 116 Å². The number of Topliss-reactive ketones (excluding diaryl/α,β-unsaturated/α-hetero) is 1. The number of nitrogens with one attached hydrogen (secondary N) is 2. The number of anilines is 1. The van der Waals surface area contributed by atoms with Crippen LogP contribution in [0, 0.1) is 11.8 Å². The van der Waals surface area contributed by atoms with Gasteiger partial charge in [-0.25, -0.2) is 4.68 Å². The Hall–Kier alpha value is -4.68. The molecule has 4 N–H and O–H groups in total. The molecular weight excluding hydrogens is 686 g/mol. The van der Waals surface area contributed by atoms with E-state index in [0.29, 0.717) is 52.7 Å². The molecule has 286 valence electrons. The van der Waals surface area contributed by atoms with Crippen molar-refractivity contribution in [1.82, 2.24) is 20.1 Å². The predicted molar refractivity (Wildman–Crippen MR) is 204 cm³/mol. The zero-order valence-electron chi connectivity index (χ0n) is 32.4. The zero-order chi connectivity index (χ0) is 38.5. The SMILES string of the molecule is CC(C)=CCCC1(C)C=Cc2c(O)c3c(c(CC=C(C)C)c2O1)OC12C4=C3Nc3ncnn3C4C3CC1C(C)(C)OC2(C/C=C(/C)C(=O)NCCO)C3=O. The van der Waals surface area contributed by atoms with Crippen molar-refractivity contribution in [1.29, 1.82) is 0 Å². The molecule has 12 heteroatoms. The molecule has 4 aliphatic heterocycles. The van der Waals surface area contributed by atoms with Crippen LogP contribution in [0.3, 0.4) is 0 Å². The van der Waals surface area contributed by atoms with Crippen molar-refractivity contribution in [2.75, 3.05) is 18.5 Å². The quantitative estimate of drug-likeness (QED) is 0.165. The minimum Gasteiger partial charge on any atom is -0.506 e. The van der Waals surface area contributed by atoms with Gasteiger partial charge in [0, 0.05) is 41.5 Å². The molecule has 7 aliphatic rings. The minimum absolute atomic E-state index is 0.0192. The normalized spacial score (nSPS) is 30.3. The molecule has 1 aromatic carbocycles. The van der Waals surface area contributed by atoms with Gasteiger partial charge in [0.2, 0.25) is 11.9 Å². The fraction of sp³-hybridized carbons (Fsp3) is 0.524. The molecule has 1 amide bonds. The largest absolute Gasteiger partial charge is 0.506 e. The summed E-state index contributed by atoms with van der Waals surface area (Å²) in [6.45, 7) is 16.0. The number of rotatable bonds is 10. The molecule has 3 saturated carbocycles. The number of nitrogens with zero attached hydrogens (tertiary/aromatic N) is 3. The Morgan fingerprint density at radius 3 is 2.57 bits per heavy atom. The lowest BCUT2D eigenvalue weighted by molar-refractivity contribution is -0.181. The first-order valence-corrected chi connectivity index (χ1v) is 19.1. The molecule has 1 aromatic heterocycles. The molecule has 1 saturated heterocycles. The molecule has 4 bridgehead atoms. The number of hydrogen-bond acceptors (Lipinski definition) is 10. The molecular formula is C42H51N5O7. The van der Waals surface area contributed by atoms with Gasteiger partial charge in [0.25, 0.3) is 0 Å². The molecule has 5 heterocycles. The van der Waals surface area contributed by atoms with Gasteiger partial charge < -0.3 is 35.1 Å². The van der Waals surface area contributed by atoms with E-state index in [0.717, 1.165) is 29.6 Å². The Labute approximate surface area is 316 Å². The smallest absolute Gasteiger partial charge is 0.246 e. The van der Waals surface area contributed by atoms with E-state index in [1.165, 1.54) is 11.9 Å². The van der Waals surface area contributed by atoms with Crippen molar-refractivity contribution in [2.24, 2.45) is 11.8 Å². The van der Waals surface area contributed by atoms with E-state index in [9.17, 15) is 15.0 Å². The van der Waals surface area contributed by atoms with Crippen molar-refractivity contribution in [3.05, 3.63) is 69.6 Å². The van der Waals surface area contributed by atoms with Crippen LogP contribution in [-0.2, 0) is 20.7 Å². The molecule has 3 aliphatic carbocycles. The second-order valence-corrected chi connectivity index (χ2v) is 16.9. The highest BCUT2D eigenvalue weighted by Gasteiger charge is 2.84. The first kappa shape index (κ1) is 36.3. The number of aliphatic hydroxyl groups is 1. The summed E-state index contributed by atoms with van der Waals surface area (Å²) in [4.78, 5) is 32.8. The molecule has 9 rings (SSSR count). The summed E-state index contributed by atoms with van der Waals surface area (Å²) in [5.41, 5.74) is 1.70. The number of aromatic nitrogens is 3. The van der Waals surface area contributed by atoms with Gasteiger partial charge in [-0.2, -0.15) is 10.1 Å². The fourth-order valence-corrected chi connectivity index (χ4v) is 9.90. The summed E-state index contributed by atoms with van der Waals surface area (Å²) in [5, 5.41) is 32.6. The number of aliphatic hydroxyl groups excluding tert-OH is 1. The van der Waals surface area contributed by atoms with Crippen LogP contribution in [0.25, 0.3) is 11.8 Å². The number of amides is 1. The Bertz CT molecular complexity index is 2130. The third-order valence-electron chi connectivity index (χ3n) is 12.3. The van der Waals surface area contributed by atoms with Crippen molar-refractivity contribution < 1.29 is 34.0 Å². The lowest BCUT2D eigenvalue weighted by atomic mass is 9.47.